The summed E-state index contributed by atoms with van der Waals surface area (Å²) < 4.78 is 34.7. The molecule has 0 aromatic heterocycles. The van der Waals surface area contributed by atoms with Crippen LogP contribution in [0.3, 0.4) is 0 Å². The van der Waals surface area contributed by atoms with E-state index in [1.54, 1.807) is 41.1 Å². The van der Waals surface area contributed by atoms with E-state index in [0.717, 1.165) is 5.57 Å². The Hall–Kier alpha value is -3.29. The maximum absolute atomic E-state index is 14.5. The number of carbonyl (C=O) groups excluding carboxylic acids is 6. The number of amides is 1. The van der Waals surface area contributed by atoms with Crippen LogP contribution in [0.25, 0.3) is 0 Å². The van der Waals surface area contributed by atoms with Crippen LogP contribution in [0.4, 0.5) is 0 Å². The van der Waals surface area contributed by atoms with Gasteiger partial charge in [-0.2, -0.15) is 0 Å². The van der Waals surface area contributed by atoms with E-state index in [2.05, 4.69) is 0 Å². The molecule has 4 heterocycles. The third-order valence-electron chi connectivity index (χ3n) is 15.1. The van der Waals surface area contributed by atoms with Crippen LogP contribution in [0.15, 0.2) is 47.6 Å². The van der Waals surface area contributed by atoms with Gasteiger partial charge in [-0.1, -0.05) is 77.1 Å². The average molecular weight is 1060 g/mol. The first kappa shape index (κ1) is 61.0. The second kappa shape index (κ2) is 28.8. The SMILES string of the molecule is CO[C@H]1C[C@@H]2CC[C@@H](C)[C@@](O)(O2)C(=O)C(=O)N2CCCC3[C@H]2C(=O)O[C@@H](CC(=O)[C@H](C)/C=C(\C)[C@@H](O)[C@@H](OC)C(=O)[C@H](C)C[C@H](C)/C=C/C=C/C=C/1C)[C@H]3C[C@@H]1CC[C@@H](O[C-]=O)[C@H](OC)C1.O=[C-]O.[Y]. The molecular formula is C52H75NO16Y-2. The van der Waals surface area contributed by atoms with E-state index in [4.69, 9.17) is 38.3 Å². The molecule has 1 saturated carbocycles. The van der Waals surface area contributed by atoms with Crippen LogP contribution in [0.5, 0.6) is 0 Å². The van der Waals surface area contributed by atoms with Gasteiger partial charge in [0.25, 0.3) is 11.7 Å². The van der Waals surface area contributed by atoms with Crippen LogP contribution in [0.1, 0.15) is 112 Å². The van der Waals surface area contributed by atoms with E-state index < -0.39 is 102 Å². The Kier molecular flexibility index (Phi) is 25.1. The second-order valence-electron chi connectivity index (χ2n) is 19.8. The Morgan fingerprint density at radius 2 is 1.56 bits per heavy atom. The first-order valence-electron chi connectivity index (χ1n) is 24.3. The molecule has 3 saturated heterocycles. The van der Waals surface area contributed by atoms with Gasteiger partial charge < -0.3 is 58.2 Å². The number of fused-ring (bicyclic) bond motifs is 3. The number of nitrogens with zero attached hydrogens (tertiary/aromatic N) is 1. The van der Waals surface area contributed by atoms with Crippen molar-refractivity contribution in [3.63, 3.8) is 0 Å². The minimum absolute atomic E-state index is 0. The minimum atomic E-state index is -2.45. The van der Waals surface area contributed by atoms with Crippen LogP contribution in [-0.2, 0) is 94.7 Å². The van der Waals surface area contributed by atoms with Crippen molar-refractivity contribution < 1.29 is 110 Å². The maximum Gasteiger partial charge on any atom is 0.329 e. The summed E-state index contributed by atoms with van der Waals surface area (Å²) in [6.45, 7) is 12.8. The molecule has 0 spiro atoms. The predicted octanol–water partition coefficient (Wildman–Crippen LogP) is 5.10. The quantitative estimate of drug-likeness (QED) is 0.130. The number of hydrogen-bond donors (Lipinski definition) is 3. The number of allylic oxidation sites excluding steroid dienone is 6. The van der Waals surface area contributed by atoms with Crippen molar-refractivity contribution in [3.05, 3.63) is 47.6 Å². The molecule has 1 unspecified atom stereocenters. The number of aliphatic hydroxyl groups excluding tert-OH is 2. The van der Waals surface area contributed by atoms with Gasteiger partial charge >= 0.3 is 5.97 Å². The normalized spacial score (nSPS) is 39.8. The summed E-state index contributed by atoms with van der Waals surface area (Å²) in [5.74, 6) is -8.70. The van der Waals surface area contributed by atoms with Gasteiger partial charge in [0.05, 0.1) is 24.4 Å². The van der Waals surface area contributed by atoms with Gasteiger partial charge in [0.1, 0.15) is 30.1 Å². The summed E-state index contributed by atoms with van der Waals surface area (Å²) in [6.07, 6.45) is 10.6. The predicted molar refractivity (Wildman–Crippen MR) is 251 cm³/mol. The molecule has 6 bridgehead atoms. The number of hydrogen-bond acceptors (Lipinski definition) is 15. The van der Waals surface area contributed by atoms with Gasteiger partial charge in [0.15, 0.2) is 5.78 Å². The maximum atomic E-state index is 14.5. The van der Waals surface area contributed by atoms with Gasteiger partial charge in [-0.05, 0) is 101 Å². The monoisotopic (exact) mass is 1060 g/mol. The fraction of sp³-hybridized carbons (Fsp3) is 0.712. The Bertz CT molecular complexity index is 1920. The van der Waals surface area contributed by atoms with Crippen LogP contribution in [0, 0.1) is 41.4 Å². The fourth-order valence-corrected chi connectivity index (χ4v) is 11.1. The summed E-state index contributed by atoms with van der Waals surface area (Å²) in [4.78, 5) is 91.6. The smallest absolute Gasteiger partial charge is 0.329 e. The number of piperidine rings is 1. The Balaban J connectivity index is 0.00000316. The molecule has 3 N–H and O–H groups in total. The molecule has 4 aliphatic heterocycles. The summed E-state index contributed by atoms with van der Waals surface area (Å²) >= 11 is 0. The van der Waals surface area contributed by atoms with Gasteiger partial charge in [-0.15, -0.1) is 0 Å². The van der Waals surface area contributed by atoms with Crippen LogP contribution >= 0.6 is 0 Å². The van der Waals surface area contributed by atoms with Crippen molar-refractivity contribution in [2.45, 2.75) is 167 Å². The zero-order valence-electron chi connectivity index (χ0n) is 42.3. The van der Waals surface area contributed by atoms with Crippen molar-refractivity contribution in [2.75, 3.05) is 27.9 Å². The number of carbonyl (C=O) groups is 5. The number of rotatable bonds is 7. The minimum Gasteiger partial charge on any atom is -0.665 e. The standard InChI is InChI=1S/C51H74NO14.CHO2.Y/c1-29-14-11-10-12-15-30(2)41(61-7)26-36-19-17-34(6)51(60,66-36)48(57)49(58)52-21-13-16-37-38(24-35-18-20-40(64-28-53)43(25-35)62-8)42(65-50(59)44(37)52)27-39(54)31(3)23-33(5)46(56)47(63-9)45(55)32(4)22-29;2-1-3;/h10-12,14-15,23,29,31-32,34-38,40-44,46-47,56,60H,13,16-22,24-27H2,1-9H3;(H,2,3);/q2*-1;/b12-10+,14-11+,30-15+,33-23+;;/t29-,31-,32-,34-,35+,36+,37?,38+,40-,41+,42+,43-,44+,46-,47+,51-;;/m1../s1. The van der Waals surface area contributed by atoms with E-state index in [-0.39, 0.29) is 69.1 Å². The number of esters is 1. The molecule has 5 rings (SSSR count). The van der Waals surface area contributed by atoms with E-state index in [9.17, 15) is 39.0 Å². The molecule has 1 aliphatic carbocycles. The molecule has 0 aromatic rings. The van der Waals surface area contributed by atoms with Gasteiger partial charge in [-0.3, -0.25) is 19.2 Å². The van der Waals surface area contributed by atoms with Gasteiger partial charge in [-0.25, -0.2) is 4.79 Å². The summed E-state index contributed by atoms with van der Waals surface area (Å²) in [5, 5.41) is 30.2. The molecule has 16 atom stereocenters. The largest absolute Gasteiger partial charge is 0.665 e. The average Bonchev–Trinajstić information content (AvgIpc) is 3.32. The molecule has 18 heteroatoms. The fourth-order valence-electron chi connectivity index (χ4n) is 11.1. The number of methoxy groups -OCH3 is 3. The van der Waals surface area contributed by atoms with Crippen molar-refractivity contribution in [2.24, 2.45) is 41.4 Å². The van der Waals surface area contributed by atoms with Crippen molar-refractivity contribution in [3.8, 4) is 0 Å². The van der Waals surface area contributed by atoms with Crippen molar-refractivity contribution in [1.29, 1.82) is 0 Å². The molecule has 4 fully saturated rings. The van der Waals surface area contributed by atoms with Crippen LogP contribution in [-0.4, -0.2) is 145 Å². The Labute approximate surface area is 438 Å². The summed E-state index contributed by atoms with van der Waals surface area (Å²) in [7, 11) is 4.50. The van der Waals surface area contributed by atoms with Gasteiger partial charge in [0.2, 0.25) is 5.79 Å². The molecule has 1 radical (unpaired) electrons. The topological polar surface area (TPSA) is 239 Å². The number of ketones is 3. The zero-order chi connectivity index (χ0) is 51.2. The first-order chi connectivity index (χ1) is 32.8. The first-order valence-corrected chi connectivity index (χ1v) is 24.3. The van der Waals surface area contributed by atoms with Gasteiger partial charge in [0, 0.05) is 97.1 Å². The van der Waals surface area contributed by atoms with Crippen molar-refractivity contribution >= 4 is 42.2 Å². The number of ether oxygens (including phenoxy) is 6. The number of aliphatic hydroxyl groups is 2. The summed E-state index contributed by atoms with van der Waals surface area (Å²) in [6, 6.07) is -1.15. The number of Topliss-reactive ketones (excluding diaryl/α,β-unsaturated/α-hetero) is 3. The molecule has 5 aliphatic rings. The third kappa shape index (κ3) is 15.4. The Morgan fingerprint density at radius 1 is 0.857 bits per heavy atom. The van der Waals surface area contributed by atoms with Crippen molar-refractivity contribution in [1.82, 2.24) is 4.90 Å². The molecular weight excluding hydrogens is 983 g/mol. The van der Waals surface area contributed by atoms with Crippen LogP contribution in [0.2, 0.25) is 0 Å². The molecule has 0 aromatic carbocycles. The van der Waals surface area contributed by atoms with E-state index in [1.807, 2.05) is 51.2 Å². The van der Waals surface area contributed by atoms with Crippen LogP contribution < -0.4 is 0 Å². The molecule has 389 valence electrons. The van der Waals surface area contributed by atoms with E-state index >= 15 is 0 Å². The van der Waals surface area contributed by atoms with E-state index in [1.165, 1.54) is 18.5 Å². The second-order valence-corrected chi connectivity index (χ2v) is 19.8. The third-order valence-corrected chi connectivity index (χ3v) is 15.1. The van der Waals surface area contributed by atoms with E-state index in [0.29, 0.717) is 76.3 Å². The summed E-state index contributed by atoms with van der Waals surface area (Å²) in [5.41, 5.74) is 1.26. The Morgan fingerprint density at radius 3 is 2.20 bits per heavy atom. The zero-order valence-corrected chi connectivity index (χ0v) is 45.1. The molecule has 70 heavy (non-hydrogen) atoms. The molecule has 1 amide bonds. The molecule has 17 nitrogen and oxygen atoms in total.